The second kappa shape index (κ2) is 3.56. The van der Waals surface area contributed by atoms with Gasteiger partial charge >= 0.3 is 12.1 Å². The van der Waals surface area contributed by atoms with Crippen molar-refractivity contribution >= 4 is 5.91 Å². The van der Waals surface area contributed by atoms with Crippen LogP contribution in [0.5, 0.6) is 0 Å². The molecule has 0 aromatic rings. The summed E-state index contributed by atoms with van der Waals surface area (Å²) in [7, 11) is 0. The highest BCUT2D eigenvalue weighted by molar-refractivity contribution is 5.81. The summed E-state index contributed by atoms with van der Waals surface area (Å²) in [6, 6.07) is -0.871. The molecule has 0 fully saturated rings. The third-order valence-corrected chi connectivity index (χ3v) is 0.909. The molecule has 0 aliphatic rings. The van der Waals surface area contributed by atoms with E-state index in [1.54, 1.807) is 5.32 Å². The van der Waals surface area contributed by atoms with E-state index in [1.807, 2.05) is 0 Å². The minimum absolute atomic E-state index is 0.512. The number of carbonyl (C=O) groups is 1. The Kier molecular flexibility index (Phi) is 3.31. The zero-order valence-corrected chi connectivity index (χ0v) is 5.77. The third-order valence-electron chi connectivity index (χ3n) is 0.909. The molecule has 1 atom stereocenters. The Morgan fingerprint density at radius 2 is 2.09 bits per heavy atom. The van der Waals surface area contributed by atoms with E-state index in [-0.39, 0.29) is 0 Å². The number of carbonyl (C=O) groups excluding carboxylic acids is 1. The third kappa shape index (κ3) is 3.82. The van der Waals surface area contributed by atoms with Gasteiger partial charge in [0.2, 0.25) is 0 Å². The highest BCUT2D eigenvalue weighted by Gasteiger charge is 2.38. The zero-order valence-electron chi connectivity index (χ0n) is 5.77. The van der Waals surface area contributed by atoms with Gasteiger partial charge in [-0.3, -0.25) is 4.79 Å². The van der Waals surface area contributed by atoms with E-state index in [0.717, 1.165) is 0 Å². The highest BCUT2D eigenvalue weighted by atomic mass is 19.4. The van der Waals surface area contributed by atoms with Gasteiger partial charge in [-0.25, -0.2) is 0 Å². The lowest BCUT2D eigenvalue weighted by Crippen LogP contribution is -2.43. The minimum Gasteiger partial charge on any atom is -0.394 e. The molecule has 2 N–H and O–H groups in total. The van der Waals surface area contributed by atoms with Crippen molar-refractivity contribution in [2.45, 2.75) is 19.1 Å². The van der Waals surface area contributed by atoms with Crippen molar-refractivity contribution in [3.63, 3.8) is 0 Å². The molecule has 0 saturated carbocycles. The molecular formula is C5H8F3NO2. The maximum Gasteiger partial charge on any atom is 0.471 e. The Labute approximate surface area is 61.2 Å². The summed E-state index contributed by atoms with van der Waals surface area (Å²) in [5.41, 5.74) is 0. The average molecular weight is 171 g/mol. The summed E-state index contributed by atoms with van der Waals surface area (Å²) in [5.74, 6) is -2.03. The lowest BCUT2D eigenvalue weighted by molar-refractivity contribution is -0.174. The van der Waals surface area contributed by atoms with E-state index in [2.05, 4.69) is 0 Å². The Bertz CT molecular complexity index is 145. The normalized spacial score (nSPS) is 14.3. The molecular weight excluding hydrogens is 163 g/mol. The standard InChI is InChI=1S/C5H8F3NO2/c1-3(2-10)9-4(11)5(6,7)8/h3,10H,2H2,1H3,(H,9,11)/t3-/m0/s1. The number of alkyl halides is 3. The van der Waals surface area contributed by atoms with Crippen LogP contribution in [0.3, 0.4) is 0 Å². The number of halogens is 3. The Morgan fingerprint density at radius 3 is 2.36 bits per heavy atom. The predicted molar refractivity (Wildman–Crippen MR) is 30.7 cm³/mol. The molecule has 0 aromatic heterocycles. The lowest BCUT2D eigenvalue weighted by atomic mass is 10.3. The van der Waals surface area contributed by atoms with Gasteiger partial charge in [-0.1, -0.05) is 0 Å². The lowest BCUT2D eigenvalue weighted by Gasteiger charge is -2.11. The fraction of sp³-hybridized carbons (Fsp3) is 0.800. The number of aliphatic hydroxyl groups excluding tert-OH is 1. The molecule has 0 aromatic carbocycles. The van der Waals surface area contributed by atoms with E-state index in [0.29, 0.717) is 0 Å². The van der Waals surface area contributed by atoms with Crippen molar-refractivity contribution in [2.75, 3.05) is 6.61 Å². The molecule has 0 aliphatic carbocycles. The van der Waals surface area contributed by atoms with Crippen molar-refractivity contribution in [1.29, 1.82) is 0 Å². The van der Waals surface area contributed by atoms with Gasteiger partial charge in [-0.05, 0) is 6.92 Å². The molecule has 3 nitrogen and oxygen atoms in total. The number of hydrogen-bond donors (Lipinski definition) is 2. The monoisotopic (exact) mass is 171 g/mol. The second-order valence-corrected chi connectivity index (χ2v) is 2.05. The van der Waals surface area contributed by atoms with Gasteiger partial charge in [0.1, 0.15) is 0 Å². The van der Waals surface area contributed by atoms with Crippen molar-refractivity contribution in [2.24, 2.45) is 0 Å². The van der Waals surface area contributed by atoms with E-state index >= 15 is 0 Å². The number of rotatable bonds is 2. The van der Waals surface area contributed by atoms with Gasteiger partial charge in [0.15, 0.2) is 0 Å². The summed E-state index contributed by atoms with van der Waals surface area (Å²) < 4.78 is 34.4. The van der Waals surface area contributed by atoms with Crippen LogP contribution in [0.15, 0.2) is 0 Å². The van der Waals surface area contributed by atoms with Gasteiger partial charge in [0, 0.05) is 6.04 Å². The molecule has 0 unspecified atom stereocenters. The maximum atomic E-state index is 11.5. The van der Waals surface area contributed by atoms with Crippen LogP contribution in [0.2, 0.25) is 0 Å². The van der Waals surface area contributed by atoms with Crippen LogP contribution in [-0.2, 0) is 4.79 Å². The van der Waals surface area contributed by atoms with Crippen LogP contribution >= 0.6 is 0 Å². The van der Waals surface area contributed by atoms with Crippen molar-refractivity contribution in [1.82, 2.24) is 5.32 Å². The maximum absolute atomic E-state index is 11.5. The van der Waals surface area contributed by atoms with Crippen LogP contribution < -0.4 is 5.32 Å². The number of aliphatic hydroxyl groups is 1. The number of amides is 1. The molecule has 0 aliphatic heterocycles. The summed E-state index contributed by atoms with van der Waals surface area (Å²) >= 11 is 0. The first kappa shape index (κ1) is 10.2. The fourth-order valence-corrected chi connectivity index (χ4v) is 0.351. The van der Waals surface area contributed by atoms with Gasteiger partial charge in [0.25, 0.3) is 0 Å². The van der Waals surface area contributed by atoms with Gasteiger partial charge in [0.05, 0.1) is 6.61 Å². The van der Waals surface area contributed by atoms with E-state index < -0.39 is 24.7 Å². The van der Waals surface area contributed by atoms with Crippen LogP contribution in [0, 0.1) is 0 Å². The number of nitrogens with one attached hydrogen (secondary N) is 1. The molecule has 0 bridgehead atoms. The van der Waals surface area contributed by atoms with Crippen molar-refractivity contribution < 1.29 is 23.1 Å². The Morgan fingerprint density at radius 1 is 1.64 bits per heavy atom. The van der Waals surface area contributed by atoms with Gasteiger partial charge in [-0.2, -0.15) is 13.2 Å². The molecule has 6 heteroatoms. The quantitative estimate of drug-likeness (QED) is 0.616. The molecule has 66 valence electrons. The van der Waals surface area contributed by atoms with Gasteiger partial charge < -0.3 is 10.4 Å². The fourth-order valence-electron chi connectivity index (χ4n) is 0.351. The molecule has 0 radical (unpaired) electrons. The average Bonchev–Trinajstić information content (AvgIpc) is 1.85. The van der Waals surface area contributed by atoms with E-state index in [4.69, 9.17) is 5.11 Å². The largest absolute Gasteiger partial charge is 0.471 e. The van der Waals surface area contributed by atoms with Crippen molar-refractivity contribution in [3.8, 4) is 0 Å². The van der Waals surface area contributed by atoms with Crippen LogP contribution in [0.4, 0.5) is 13.2 Å². The van der Waals surface area contributed by atoms with Crippen LogP contribution in [0.25, 0.3) is 0 Å². The van der Waals surface area contributed by atoms with Crippen molar-refractivity contribution in [3.05, 3.63) is 0 Å². The highest BCUT2D eigenvalue weighted by Crippen LogP contribution is 2.14. The molecule has 11 heavy (non-hydrogen) atoms. The molecule has 1 amide bonds. The first-order chi connectivity index (χ1) is 4.88. The summed E-state index contributed by atoms with van der Waals surface area (Å²) in [6.07, 6.45) is -4.87. The van der Waals surface area contributed by atoms with E-state index in [1.165, 1.54) is 6.92 Å². The summed E-state index contributed by atoms with van der Waals surface area (Å²) in [4.78, 5) is 10.1. The molecule has 0 heterocycles. The smallest absolute Gasteiger partial charge is 0.394 e. The van der Waals surface area contributed by atoms with Gasteiger partial charge in [-0.15, -0.1) is 0 Å². The first-order valence-corrected chi connectivity index (χ1v) is 2.86. The molecule has 0 saturated heterocycles. The summed E-state index contributed by atoms with van der Waals surface area (Å²) in [6.45, 7) is 0.755. The van der Waals surface area contributed by atoms with E-state index in [9.17, 15) is 18.0 Å². The second-order valence-electron chi connectivity index (χ2n) is 2.05. The predicted octanol–water partition coefficient (Wildman–Crippen LogP) is 0.0457. The molecule has 0 rings (SSSR count). The number of hydrogen-bond acceptors (Lipinski definition) is 2. The van der Waals surface area contributed by atoms with Crippen LogP contribution in [-0.4, -0.2) is 29.8 Å². The SMILES string of the molecule is C[C@@H](CO)NC(=O)C(F)(F)F. The zero-order chi connectivity index (χ0) is 9.07. The van der Waals surface area contributed by atoms with Crippen LogP contribution in [0.1, 0.15) is 6.92 Å². The minimum atomic E-state index is -4.87. The summed E-state index contributed by atoms with van der Waals surface area (Å²) in [5, 5.41) is 9.82. The molecule has 0 spiro atoms. The Hall–Kier alpha value is -0.780. The Balaban J connectivity index is 3.88. The first-order valence-electron chi connectivity index (χ1n) is 2.86. The topological polar surface area (TPSA) is 49.3 Å².